The van der Waals surface area contributed by atoms with Crippen molar-refractivity contribution in [2.75, 3.05) is 0 Å². The van der Waals surface area contributed by atoms with Crippen molar-refractivity contribution in [3.63, 3.8) is 0 Å². The van der Waals surface area contributed by atoms with Gasteiger partial charge < -0.3 is 5.73 Å². The fourth-order valence-electron chi connectivity index (χ4n) is 2.21. The number of nitrogens with two attached hydrogens (primary N) is 1. The summed E-state index contributed by atoms with van der Waals surface area (Å²) >= 11 is 0. The maximum absolute atomic E-state index is 6.08. The Morgan fingerprint density at radius 2 is 1.64 bits per heavy atom. The van der Waals surface area contributed by atoms with Crippen LogP contribution in [0.2, 0.25) is 0 Å². The molecule has 0 aromatic rings. The van der Waals surface area contributed by atoms with E-state index in [0.29, 0.717) is 6.04 Å². The minimum atomic E-state index is 0.444. The lowest BCUT2D eigenvalue weighted by Crippen LogP contribution is -2.33. The van der Waals surface area contributed by atoms with Gasteiger partial charge in [-0.15, -0.1) is 0 Å². The molecule has 2 N–H and O–H groups in total. The minimum Gasteiger partial charge on any atom is -0.327 e. The summed E-state index contributed by atoms with van der Waals surface area (Å²) in [4.78, 5) is 0. The van der Waals surface area contributed by atoms with Gasteiger partial charge in [-0.1, -0.05) is 27.2 Å². The van der Waals surface area contributed by atoms with Gasteiger partial charge in [-0.2, -0.15) is 0 Å². The van der Waals surface area contributed by atoms with Crippen LogP contribution in [0.25, 0.3) is 0 Å². The van der Waals surface area contributed by atoms with Gasteiger partial charge in [0.15, 0.2) is 0 Å². The zero-order valence-corrected chi connectivity index (χ0v) is 8.01. The van der Waals surface area contributed by atoms with E-state index in [9.17, 15) is 0 Å². The van der Waals surface area contributed by atoms with E-state index in [1.807, 2.05) is 0 Å². The van der Waals surface area contributed by atoms with E-state index in [2.05, 4.69) is 20.8 Å². The van der Waals surface area contributed by atoms with Gasteiger partial charge in [0.2, 0.25) is 0 Å². The number of hydrogen-bond donors (Lipinski definition) is 1. The lowest BCUT2D eigenvalue weighted by atomic mass is 9.90. The highest BCUT2D eigenvalue weighted by Crippen LogP contribution is 2.29. The number of rotatable bonds is 0. The van der Waals surface area contributed by atoms with E-state index in [-0.39, 0.29) is 0 Å². The number of hydrogen-bond acceptors (Lipinski definition) is 1. The first-order valence-corrected chi connectivity index (χ1v) is 4.87. The van der Waals surface area contributed by atoms with Crippen molar-refractivity contribution in [2.45, 2.75) is 46.1 Å². The minimum absolute atomic E-state index is 0.444. The van der Waals surface area contributed by atoms with Gasteiger partial charge in [0.1, 0.15) is 0 Å². The van der Waals surface area contributed by atoms with Gasteiger partial charge in [-0.05, 0) is 30.6 Å². The third kappa shape index (κ3) is 2.19. The molecule has 1 saturated carbocycles. The molecule has 4 atom stereocenters. The van der Waals surface area contributed by atoms with Crippen LogP contribution in [0.5, 0.6) is 0 Å². The molecule has 0 aromatic heterocycles. The van der Waals surface area contributed by atoms with Crippen molar-refractivity contribution in [2.24, 2.45) is 23.5 Å². The molecular weight excluding hydrogens is 134 g/mol. The standard InChI is InChI=1S/C10H21N/c1-7-4-5-8(2)10(11)9(3)6-7/h7-10H,4-6,11H2,1-3H3/t7?,8-,9?,10?/m0/s1. The molecule has 1 heteroatoms. The summed E-state index contributed by atoms with van der Waals surface area (Å²) in [5.41, 5.74) is 6.08. The Morgan fingerprint density at radius 1 is 1.00 bits per heavy atom. The maximum atomic E-state index is 6.08. The van der Waals surface area contributed by atoms with Crippen LogP contribution in [-0.2, 0) is 0 Å². The molecule has 0 aromatic carbocycles. The van der Waals surface area contributed by atoms with Gasteiger partial charge in [0.05, 0.1) is 0 Å². The third-order valence-electron chi connectivity index (χ3n) is 3.20. The summed E-state index contributed by atoms with van der Waals surface area (Å²) in [6, 6.07) is 0.444. The van der Waals surface area contributed by atoms with E-state index in [1.165, 1.54) is 19.3 Å². The predicted octanol–water partition coefficient (Wildman–Crippen LogP) is 2.41. The molecule has 0 aliphatic heterocycles. The average molecular weight is 155 g/mol. The molecule has 1 fully saturated rings. The molecule has 0 radical (unpaired) electrons. The zero-order chi connectivity index (χ0) is 8.43. The summed E-state index contributed by atoms with van der Waals surface area (Å²) in [7, 11) is 0. The Hall–Kier alpha value is -0.0400. The van der Waals surface area contributed by atoms with Crippen molar-refractivity contribution in [3.05, 3.63) is 0 Å². The van der Waals surface area contributed by atoms with Gasteiger partial charge in [0.25, 0.3) is 0 Å². The summed E-state index contributed by atoms with van der Waals surface area (Å²) in [5, 5.41) is 0. The quantitative estimate of drug-likeness (QED) is 0.534. The van der Waals surface area contributed by atoms with Gasteiger partial charge in [-0.25, -0.2) is 0 Å². The molecule has 1 aliphatic carbocycles. The second kappa shape index (κ2) is 3.57. The van der Waals surface area contributed by atoms with Gasteiger partial charge in [0, 0.05) is 6.04 Å². The van der Waals surface area contributed by atoms with Gasteiger partial charge in [-0.3, -0.25) is 0 Å². The highest BCUT2D eigenvalue weighted by molar-refractivity contribution is 4.80. The van der Waals surface area contributed by atoms with E-state index < -0.39 is 0 Å². The lowest BCUT2D eigenvalue weighted by Gasteiger charge is -2.22. The fraction of sp³-hybridized carbons (Fsp3) is 1.00. The normalized spacial score (nSPS) is 46.9. The zero-order valence-electron chi connectivity index (χ0n) is 8.01. The van der Waals surface area contributed by atoms with Crippen LogP contribution in [0.3, 0.4) is 0 Å². The van der Waals surface area contributed by atoms with Crippen LogP contribution < -0.4 is 5.73 Å². The molecule has 0 bridgehead atoms. The summed E-state index contributed by atoms with van der Waals surface area (Å²) < 4.78 is 0. The molecule has 1 aliphatic rings. The molecule has 0 heterocycles. The Labute approximate surface area is 70.4 Å². The Morgan fingerprint density at radius 3 is 2.27 bits per heavy atom. The van der Waals surface area contributed by atoms with E-state index in [0.717, 1.165) is 17.8 Å². The second-order valence-corrected chi connectivity index (χ2v) is 4.45. The summed E-state index contributed by atoms with van der Waals surface area (Å²) in [6.45, 7) is 6.93. The van der Waals surface area contributed by atoms with Crippen LogP contribution in [0, 0.1) is 17.8 Å². The van der Waals surface area contributed by atoms with Crippen LogP contribution in [0.1, 0.15) is 40.0 Å². The van der Waals surface area contributed by atoms with Crippen LogP contribution in [-0.4, -0.2) is 6.04 Å². The monoisotopic (exact) mass is 155 g/mol. The second-order valence-electron chi connectivity index (χ2n) is 4.45. The molecule has 1 rings (SSSR count). The largest absolute Gasteiger partial charge is 0.327 e. The first-order chi connectivity index (χ1) is 5.11. The van der Waals surface area contributed by atoms with Crippen LogP contribution >= 0.6 is 0 Å². The predicted molar refractivity (Wildman–Crippen MR) is 49.3 cm³/mol. The first-order valence-electron chi connectivity index (χ1n) is 4.87. The Balaban J connectivity index is 2.53. The van der Waals surface area contributed by atoms with E-state index >= 15 is 0 Å². The summed E-state index contributed by atoms with van der Waals surface area (Å²) in [5.74, 6) is 2.35. The Kier molecular flexibility index (Phi) is 2.94. The molecular formula is C10H21N. The maximum Gasteiger partial charge on any atom is 0.00904 e. The highest BCUT2D eigenvalue weighted by atomic mass is 14.7. The molecule has 0 saturated heterocycles. The topological polar surface area (TPSA) is 26.0 Å². The van der Waals surface area contributed by atoms with Gasteiger partial charge >= 0.3 is 0 Å². The molecule has 0 spiro atoms. The van der Waals surface area contributed by atoms with Crippen molar-refractivity contribution in [3.8, 4) is 0 Å². The first kappa shape index (κ1) is 9.05. The fourth-order valence-corrected chi connectivity index (χ4v) is 2.21. The summed E-state index contributed by atoms with van der Waals surface area (Å²) in [6.07, 6.45) is 4.03. The SMILES string of the molecule is CC1CC[C@H](C)C(N)C(C)C1. The van der Waals surface area contributed by atoms with Crippen molar-refractivity contribution in [1.82, 2.24) is 0 Å². The highest BCUT2D eigenvalue weighted by Gasteiger charge is 2.25. The molecule has 1 nitrogen and oxygen atoms in total. The van der Waals surface area contributed by atoms with Crippen molar-refractivity contribution in [1.29, 1.82) is 0 Å². The smallest absolute Gasteiger partial charge is 0.00904 e. The van der Waals surface area contributed by atoms with E-state index in [1.54, 1.807) is 0 Å². The average Bonchev–Trinajstić information content (AvgIpc) is 2.05. The van der Waals surface area contributed by atoms with Crippen molar-refractivity contribution < 1.29 is 0 Å². The van der Waals surface area contributed by atoms with E-state index in [4.69, 9.17) is 5.73 Å². The Bertz CT molecular complexity index is 122. The molecule has 66 valence electrons. The van der Waals surface area contributed by atoms with Crippen molar-refractivity contribution >= 4 is 0 Å². The molecule has 3 unspecified atom stereocenters. The van der Waals surface area contributed by atoms with Crippen LogP contribution in [0.4, 0.5) is 0 Å². The lowest BCUT2D eigenvalue weighted by molar-refractivity contribution is 0.341. The molecule has 0 amide bonds. The molecule has 11 heavy (non-hydrogen) atoms. The third-order valence-corrected chi connectivity index (χ3v) is 3.20. The van der Waals surface area contributed by atoms with Crippen LogP contribution in [0.15, 0.2) is 0 Å².